The summed E-state index contributed by atoms with van der Waals surface area (Å²) in [5.74, 6) is 5.84. The van der Waals surface area contributed by atoms with Crippen LogP contribution in [-0.2, 0) is 0 Å². The molecule has 0 amide bonds. The number of hydrogen-bond donors (Lipinski definition) is 0. The van der Waals surface area contributed by atoms with Gasteiger partial charge in [0.05, 0.1) is 0 Å². The summed E-state index contributed by atoms with van der Waals surface area (Å²) in [6, 6.07) is 0. The summed E-state index contributed by atoms with van der Waals surface area (Å²) in [4.78, 5) is 0. The maximum atomic E-state index is 2.38. The fourth-order valence-corrected chi connectivity index (χ4v) is 5.84. The first-order valence-electron chi connectivity index (χ1n) is 12.7. The van der Waals surface area contributed by atoms with E-state index in [0.717, 1.165) is 35.5 Å². The maximum Gasteiger partial charge on any atom is 0.212 e. The third-order valence-corrected chi connectivity index (χ3v) is 10.9. The molecule has 6 atom stereocenters. The molecule has 0 radical (unpaired) electrons. The van der Waals surface area contributed by atoms with Gasteiger partial charge in [0.1, 0.15) is 0 Å². The second kappa shape index (κ2) is 23.9. The van der Waals surface area contributed by atoms with Crippen molar-refractivity contribution in [3.63, 3.8) is 0 Å². The van der Waals surface area contributed by atoms with Crippen LogP contribution in [0.2, 0.25) is 15.8 Å². The van der Waals surface area contributed by atoms with Crippen molar-refractivity contribution >= 4 is 48.9 Å². The van der Waals surface area contributed by atoms with Gasteiger partial charge in [-0.2, -0.15) is 0 Å². The SMILES string of the molecule is CCCC(C)C(C)[CH2][AlH2].CCCC(C)C(C)[CH2][AlH2].CCCC(C)C(C)[CH2][AlH2]. The van der Waals surface area contributed by atoms with E-state index >= 15 is 0 Å². The molecule has 0 saturated heterocycles. The summed E-state index contributed by atoms with van der Waals surface area (Å²) in [6.07, 6.45) is 8.32. The van der Waals surface area contributed by atoms with Crippen molar-refractivity contribution in [1.29, 1.82) is 0 Å². The molecule has 3 heteroatoms. The Morgan fingerprint density at radius 3 is 0.704 bits per heavy atom. The molecule has 0 aromatic heterocycles. The van der Waals surface area contributed by atoms with Crippen LogP contribution in [0.5, 0.6) is 0 Å². The van der Waals surface area contributed by atoms with Crippen molar-refractivity contribution in [1.82, 2.24) is 0 Å². The standard InChI is InChI=1S/3C8H17.3Al.6H/c3*1-5-6-8(4)7(2)3;;;;;;;;;/h3*7-8H,2,5-6H2,1,3-4H3;;;;;;;;;. The highest BCUT2D eigenvalue weighted by Crippen LogP contribution is 2.19. The van der Waals surface area contributed by atoms with Gasteiger partial charge < -0.3 is 0 Å². The Kier molecular flexibility index (Phi) is 29.4. The van der Waals surface area contributed by atoms with E-state index in [0.29, 0.717) is 0 Å². The first kappa shape index (κ1) is 33.2. The van der Waals surface area contributed by atoms with Crippen LogP contribution in [0.3, 0.4) is 0 Å². The average molecular weight is 427 g/mol. The largest absolute Gasteiger partial charge is 0.212 e. The van der Waals surface area contributed by atoms with Gasteiger partial charge >= 0.3 is 0 Å². The van der Waals surface area contributed by atoms with Crippen LogP contribution in [0.15, 0.2) is 0 Å². The minimum absolute atomic E-state index is 0.965. The van der Waals surface area contributed by atoms with E-state index in [1.807, 2.05) is 0 Å². The molecule has 0 aromatic rings. The average Bonchev–Trinajstić information content (AvgIpc) is 2.67. The maximum absolute atomic E-state index is 2.38. The fraction of sp³-hybridized carbons (Fsp3) is 1.00. The molecule has 0 nitrogen and oxygen atoms in total. The zero-order chi connectivity index (χ0) is 21.8. The van der Waals surface area contributed by atoms with Crippen molar-refractivity contribution in [3.05, 3.63) is 0 Å². The molecular weight excluding hydrogens is 369 g/mol. The topological polar surface area (TPSA) is 0 Å². The van der Waals surface area contributed by atoms with E-state index in [1.54, 1.807) is 0 Å². The van der Waals surface area contributed by atoms with Gasteiger partial charge in [-0.25, -0.2) is 0 Å². The van der Waals surface area contributed by atoms with Crippen molar-refractivity contribution in [2.24, 2.45) is 35.5 Å². The van der Waals surface area contributed by atoms with Crippen LogP contribution in [0, 0.1) is 35.5 Å². The van der Waals surface area contributed by atoms with Gasteiger partial charge in [0.25, 0.3) is 0 Å². The first-order chi connectivity index (χ1) is 12.7. The van der Waals surface area contributed by atoms with Crippen LogP contribution in [0.25, 0.3) is 0 Å². The van der Waals surface area contributed by atoms with Crippen molar-refractivity contribution in [2.45, 2.75) is 117 Å². The third-order valence-electron chi connectivity index (χ3n) is 7.08. The van der Waals surface area contributed by atoms with Gasteiger partial charge in [-0.1, -0.05) is 134 Å². The summed E-state index contributed by atoms with van der Waals surface area (Å²) in [7, 11) is 0. The summed E-state index contributed by atoms with van der Waals surface area (Å²) in [5, 5.41) is 4.42. The van der Waals surface area contributed by atoms with Gasteiger partial charge in [-0.05, 0) is 17.8 Å². The second-order valence-electron chi connectivity index (χ2n) is 9.45. The molecule has 0 fully saturated rings. The van der Waals surface area contributed by atoms with E-state index in [2.05, 4.69) is 62.3 Å². The zero-order valence-corrected chi connectivity index (χ0v) is 27.8. The Labute approximate surface area is 200 Å². The molecule has 0 bridgehead atoms. The molecule has 0 spiro atoms. The predicted molar refractivity (Wildman–Crippen MR) is 140 cm³/mol. The summed E-state index contributed by atoms with van der Waals surface area (Å²) < 4.78 is 0. The normalized spacial score (nSPS) is 17.2. The highest BCUT2D eigenvalue weighted by atomic mass is 27.1. The lowest BCUT2D eigenvalue weighted by Crippen LogP contribution is -2.06. The summed E-state index contributed by atoms with van der Waals surface area (Å²) in [5.41, 5.74) is 0. The predicted octanol–water partition coefficient (Wildman–Crippen LogP) is 6.33. The van der Waals surface area contributed by atoms with Gasteiger partial charge in [-0.15, -0.1) is 0 Å². The summed E-state index contributed by atoms with van der Waals surface area (Å²) >= 11 is 4.13. The van der Waals surface area contributed by atoms with Crippen LogP contribution < -0.4 is 0 Å². The van der Waals surface area contributed by atoms with E-state index in [4.69, 9.17) is 0 Å². The monoisotopic (exact) mass is 426 g/mol. The second-order valence-corrected chi connectivity index (χ2v) is 11.9. The van der Waals surface area contributed by atoms with E-state index < -0.39 is 0 Å². The lowest BCUT2D eigenvalue weighted by Gasteiger charge is -2.16. The number of rotatable bonds is 12. The van der Waals surface area contributed by atoms with Crippen LogP contribution >= 0.6 is 0 Å². The van der Waals surface area contributed by atoms with Gasteiger partial charge in [0.2, 0.25) is 48.9 Å². The Bertz CT molecular complexity index is 228. The fourth-order valence-electron chi connectivity index (χ4n) is 3.43. The minimum Gasteiger partial charge on any atom is -0.0985 e. The van der Waals surface area contributed by atoms with Crippen molar-refractivity contribution < 1.29 is 0 Å². The Morgan fingerprint density at radius 1 is 0.407 bits per heavy atom. The van der Waals surface area contributed by atoms with E-state index in [-0.39, 0.29) is 0 Å². The Balaban J connectivity index is -0.000000320. The van der Waals surface area contributed by atoms with Crippen molar-refractivity contribution in [3.8, 4) is 0 Å². The van der Waals surface area contributed by atoms with Gasteiger partial charge in [0.15, 0.2) is 0 Å². The Hall–Kier alpha value is 1.60. The molecule has 0 aliphatic rings. The molecule has 6 unspecified atom stereocenters. The molecule has 0 aromatic carbocycles. The molecule has 162 valence electrons. The third kappa shape index (κ3) is 22.1. The van der Waals surface area contributed by atoms with E-state index in [9.17, 15) is 0 Å². The minimum atomic E-state index is 0.965. The molecule has 0 aliphatic carbocycles. The molecular formula is C24H57Al3. The molecule has 0 saturated carbocycles. The van der Waals surface area contributed by atoms with Crippen molar-refractivity contribution in [2.75, 3.05) is 0 Å². The molecule has 0 rings (SSSR count). The molecule has 27 heavy (non-hydrogen) atoms. The smallest absolute Gasteiger partial charge is 0.0985 e. The summed E-state index contributed by atoms with van der Waals surface area (Å²) in [6.45, 7) is 21.1. The number of hydrogen-bond acceptors (Lipinski definition) is 0. The van der Waals surface area contributed by atoms with Gasteiger partial charge in [-0.3, -0.25) is 0 Å². The zero-order valence-electron chi connectivity index (χ0n) is 21.8. The first-order valence-corrected chi connectivity index (χ1v) is 16.9. The highest BCUT2D eigenvalue weighted by molar-refractivity contribution is 6.09. The van der Waals surface area contributed by atoms with Crippen LogP contribution in [0.1, 0.15) is 101 Å². The molecule has 0 heterocycles. The highest BCUT2D eigenvalue weighted by Gasteiger charge is 2.08. The molecule has 0 N–H and O–H groups in total. The lowest BCUT2D eigenvalue weighted by molar-refractivity contribution is 0.389. The van der Waals surface area contributed by atoms with Gasteiger partial charge in [0, 0.05) is 0 Å². The quantitative estimate of drug-likeness (QED) is 0.320. The Morgan fingerprint density at radius 2 is 0.593 bits per heavy atom. The molecule has 0 aliphatic heterocycles. The van der Waals surface area contributed by atoms with Crippen LogP contribution in [-0.4, -0.2) is 48.9 Å². The van der Waals surface area contributed by atoms with E-state index in [1.165, 1.54) is 103 Å². The van der Waals surface area contributed by atoms with Crippen LogP contribution in [0.4, 0.5) is 0 Å². The lowest BCUT2D eigenvalue weighted by atomic mass is 9.93.